The molecule has 3 unspecified atom stereocenters. The van der Waals surface area contributed by atoms with E-state index in [1.807, 2.05) is 6.92 Å². The predicted octanol–water partition coefficient (Wildman–Crippen LogP) is 5.25. The third kappa shape index (κ3) is 4.33. The summed E-state index contributed by atoms with van der Waals surface area (Å²) in [5.41, 5.74) is 0.774. The third-order valence-corrected chi connectivity index (χ3v) is 4.36. The molecule has 0 bridgehead atoms. The first-order valence-corrected chi connectivity index (χ1v) is 7.43. The lowest BCUT2D eigenvalue weighted by molar-refractivity contribution is -0.183. The van der Waals surface area contributed by atoms with Gasteiger partial charge in [-0.05, 0) is 43.9 Å². The van der Waals surface area contributed by atoms with Crippen molar-refractivity contribution in [3.8, 4) is 0 Å². The molecule has 0 saturated heterocycles. The van der Waals surface area contributed by atoms with E-state index in [1.54, 1.807) is 6.07 Å². The summed E-state index contributed by atoms with van der Waals surface area (Å²) >= 11 is 5.73. The highest BCUT2D eigenvalue weighted by molar-refractivity contribution is 6.30. The molecule has 2 rings (SSSR count). The molecular weight excluding hydrogens is 306 g/mol. The van der Waals surface area contributed by atoms with Gasteiger partial charge in [0.2, 0.25) is 0 Å². The van der Waals surface area contributed by atoms with E-state index < -0.39 is 17.9 Å². The summed E-state index contributed by atoms with van der Waals surface area (Å²) in [7, 11) is 0. The van der Waals surface area contributed by atoms with Crippen LogP contribution in [0.4, 0.5) is 17.6 Å². The monoisotopic (exact) mass is 323 g/mol. The van der Waals surface area contributed by atoms with E-state index in [-0.39, 0.29) is 29.9 Å². The minimum atomic E-state index is -4.12. The van der Waals surface area contributed by atoms with E-state index in [2.05, 4.69) is 5.32 Å². The molecule has 6 heteroatoms. The first-order chi connectivity index (χ1) is 9.77. The molecule has 1 aromatic carbocycles. The fourth-order valence-electron chi connectivity index (χ4n) is 2.87. The molecule has 1 aromatic rings. The Bertz CT molecular complexity index is 489. The second-order valence-electron chi connectivity index (χ2n) is 5.66. The number of halogens is 5. The van der Waals surface area contributed by atoms with Crippen LogP contribution < -0.4 is 5.32 Å². The average molecular weight is 324 g/mol. The number of nitrogens with one attached hydrogen (secondary N) is 1. The van der Waals surface area contributed by atoms with Crippen LogP contribution in [0.3, 0.4) is 0 Å². The van der Waals surface area contributed by atoms with E-state index in [0.29, 0.717) is 6.42 Å². The van der Waals surface area contributed by atoms with Gasteiger partial charge >= 0.3 is 6.18 Å². The highest BCUT2D eigenvalue weighted by Gasteiger charge is 2.42. The molecule has 0 radical (unpaired) electrons. The second-order valence-corrected chi connectivity index (χ2v) is 6.07. The molecule has 0 aromatic heterocycles. The highest BCUT2D eigenvalue weighted by Crippen LogP contribution is 2.38. The summed E-state index contributed by atoms with van der Waals surface area (Å²) in [6.07, 6.45) is -2.52. The summed E-state index contributed by atoms with van der Waals surface area (Å²) in [6.45, 7) is 1.85. The number of rotatable bonds is 3. The van der Waals surface area contributed by atoms with Gasteiger partial charge in [-0.3, -0.25) is 0 Å². The molecule has 3 atom stereocenters. The minimum absolute atomic E-state index is 0.0259. The van der Waals surface area contributed by atoms with E-state index >= 15 is 0 Å². The first kappa shape index (κ1) is 16.6. The van der Waals surface area contributed by atoms with Crippen molar-refractivity contribution >= 4 is 11.6 Å². The maximum atomic E-state index is 13.1. The Morgan fingerprint density at radius 3 is 2.62 bits per heavy atom. The molecule has 1 N–H and O–H groups in total. The number of alkyl halides is 3. The lowest BCUT2D eigenvalue weighted by Crippen LogP contribution is -2.39. The van der Waals surface area contributed by atoms with Crippen LogP contribution in [-0.2, 0) is 0 Å². The number of hydrogen-bond acceptors (Lipinski definition) is 1. The van der Waals surface area contributed by atoms with Gasteiger partial charge in [-0.25, -0.2) is 4.39 Å². The summed E-state index contributed by atoms with van der Waals surface area (Å²) in [5, 5.41) is 3.23. The van der Waals surface area contributed by atoms with Gasteiger partial charge in [-0.15, -0.1) is 0 Å². The number of benzene rings is 1. The average Bonchev–Trinajstić information content (AvgIpc) is 2.41. The van der Waals surface area contributed by atoms with Crippen molar-refractivity contribution in [3.05, 3.63) is 34.6 Å². The molecule has 1 saturated carbocycles. The Morgan fingerprint density at radius 1 is 1.29 bits per heavy atom. The van der Waals surface area contributed by atoms with Crippen LogP contribution in [0.15, 0.2) is 18.2 Å². The zero-order valence-electron chi connectivity index (χ0n) is 11.7. The SMILES string of the molecule is CC(NC1CCCC(C(F)(F)F)C1)c1ccc(F)c(Cl)c1. The van der Waals surface area contributed by atoms with Gasteiger partial charge in [0, 0.05) is 12.1 Å². The Morgan fingerprint density at radius 2 is 2.00 bits per heavy atom. The van der Waals surface area contributed by atoms with Crippen LogP contribution in [0.25, 0.3) is 0 Å². The Hall–Kier alpha value is -0.810. The van der Waals surface area contributed by atoms with Crippen LogP contribution in [0.1, 0.15) is 44.2 Å². The normalized spacial score (nSPS) is 24.9. The Balaban J connectivity index is 1.98. The molecule has 0 aliphatic heterocycles. The van der Waals surface area contributed by atoms with Crippen LogP contribution in [0.2, 0.25) is 5.02 Å². The summed E-state index contributed by atoms with van der Waals surface area (Å²) in [4.78, 5) is 0. The highest BCUT2D eigenvalue weighted by atomic mass is 35.5. The topological polar surface area (TPSA) is 12.0 Å². The first-order valence-electron chi connectivity index (χ1n) is 7.05. The van der Waals surface area contributed by atoms with Crippen molar-refractivity contribution in [2.75, 3.05) is 0 Å². The summed E-state index contributed by atoms with van der Waals surface area (Å²) < 4.78 is 51.5. The predicted molar refractivity (Wildman–Crippen MR) is 74.8 cm³/mol. The maximum Gasteiger partial charge on any atom is 0.391 e. The van der Waals surface area contributed by atoms with E-state index in [1.165, 1.54) is 12.1 Å². The van der Waals surface area contributed by atoms with Crippen molar-refractivity contribution in [1.29, 1.82) is 0 Å². The Kier molecular flexibility index (Phi) is 5.15. The molecule has 0 heterocycles. The number of hydrogen-bond donors (Lipinski definition) is 1. The van der Waals surface area contributed by atoms with E-state index in [9.17, 15) is 17.6 Å². The van der Waals surface area contributed by atoms with Gasteiger partial charge in [-0.2, -0.15) is 13.2 Å². The van der Waals surface area contributed by atoms with E-state index in [0.717, 1.165) is 12.0 Å². The summed E-state index contributed by atoms with van der Waals surface area (Å²) in [5.74, 6) is -1.73. The lowest BCUT2D eigenvalue weighted by atomic mass is 9.85. The van der Waals surface area contributed by atoms with Gasteiger partial charge in [0.1, 0.15) is 5.82 Å². The molecule has 1 fully saturated rings. The molecular formula is C15H18ClF4N. The second kappa shape index (κ2) is 6.53. The third-order valence-electron chi connectivity index (χ3n) is 4.07. The molecule has 1 nitrogen and oxygen atoms in total. The zero-order valence-corrected chi connectivity index (χ0v) is 12.4. The van der Waals surface area contributed by atoms with Gasteiger partial charge in [0.25, 0.3) is 0 Å². The van der Waals surface area contributed by atoms with Gasteiger partial charge < -0.3 is 5.32 Å². The van der Waals surface area contributed by atoms with Gasteiger partial charge in [0.15, 0.2) is 0 Å². The van der Waals surface area contributed by atoms with Crippen LogP contribution in [0, 0.1) is 11.7 Å². The molecule has 1 aliphatic rings. The molecule has 0 amide bonds. The van der Waals surface area contributed by atoms with E-state index in [4.69, 9.17) is 11.6 Å². The van der Waals surface area contributed by atoms with Crippen LogP contribution in [-0.4, -0.2) is 12.2 Å². The lowest BCUT2D eigenvalue weighted by Gasteiger charge is -2.33. The smallest absolute Gasteiger partial charge is 0.307 e. The van der Waals surface area contributed by atoms with Crippen LogP contribution >= 0.6 is 11.6 Å². The molecule has 118 valence electrons. The molecule has 1 aliphatic carbocycles. The van der Waals surface area contributed by atoms with Crippen molar-refractivity contribution in [2.24, 2.45) is 5.92 Å². The van der Waals surface area contributed by atoms with Gasteiger partial charge in [0.05, 0.1) is 10.9 Å². The van der Waals surface area contributed by atoms with Crippen molar-refractivity contribution < 1.29 is 17.6 Å². The fourth-order valence-corrected chi connectivity index (χ4v) is 3.06. The molecule has 0 spiro atoms. The van der Waals surface area contributed by atoms with Crippen molar-refractivity contribution in [3.63, 3.8) is 0 Å². The Labute approximate surface area is 126 Å². The van der Waals surface area contributed by atoms with Crippen molar-refractivity contribution in [1.82, 2.24) is 5.32 Å². The fraction of sp³-hybridized carbons (Fsp3) is 0.600. The largest absolute Gasteiger partial charge is 0.391 e. The minimum Gasteiger partial charge on any atom is -0.307 e. The van der Waals surface area contributed by atoms with Gasteiger partial charge in [-0.1, -0.05) is 24.1 Å². The summed E-state index contributed by atoms with van der Waals surface area (Å²) in [6, 6.07) is 4.04. The quantitative estimate of drug-likeness (QED) is 0.749. The standard InChI is InChI=1S/C15H18ClF4N/c1-9(10-5-6-14(17)13(16)7-10)21-12-4-2-3-11(8-12)15(18,19)20/h5-7,9,11-12,21H,2-4,8H2,1H3. The maximum absolute atomic E-state index is 13.1. The molecule has 21 heavy (non-hydrogen) atoms. The van der Waals surface area contributed by atoms with Crippen molar-refractivity contribution in [2.45, 2.75) is 50.9 Å². The van der Waals surface area contributed by atoms with Crippen LogP contribution in [0.5, 0.6) is 0 Å². The zero-order chi connectivity index (χ0) is 15.6.